The van der Waals surface area contributed by atoms with Crippen LogP contribution in [-0.2, 0) is 0 Å². The number of halogens is 2. The first-order chi connectivity index (χ1) is 11.1. The average Bonchev–Trinajstić information content (AvgIpc) is 2.55. The Balaban J connectivity index is 1.90. The summed E-state index contributed by atoms with van der Waals surface area (Å²) >= 11 is 15.0. The van der Waals surface area contributed by atoms with E-state index in [1.165, 1.54) is 23.5 Å². The highest BCUT2D eigenvalue weighted by atomic mass is 35.5. The van der Waals surface area contributed by atoms with E-state index in [1.807, 2.05) is 42.5 Å². The van der Waals surface area contributed by atoms with Gasteiger partial charge in [0.2, 0.25) is 0 Å². The lowest BCUT2D eigenvalue weighted by Gasteiger charge is -2.09. The van der Waals surface area contributed by atoms with Gasteiger partial charge in [0.15, 0.2) is 0 Å². The second-order valence-electron chi connectivity index (χ2n) is 4.56. The van der Waals surface area contributed by atoms with Crippen molar-refractivity contribution in [3.63, 3.8) is 0 Å². The summed E-state index contributed by atoms with van der Waals surface area (Å²) < 4.78 is 0.905. The molecule has 2 nitrogen and oxygen atoms in total. The molecule has 6 heteroatoms. The highest BCUT2D eigenvalue weighted by molar-refractivity contribution is 7.99. The van der Waals surface area contributed by atoms with Crippen molar-refractivity contribution >= 4 is 46.7 Å². The lowest BCUT2D eigenvalue weighted by Crippen LogP contribution is -2.31. The summed E-state index contributed by atoms with van der Waals surface area (Å²) in [4.78, 5) is 1.69. The Morgan fingerprint density at radius 2 is 1.09 bits per heavy atom. The third-order valence-corrected chi connectivity index (χ3v) is 6.04. The van der Waals surface area contributed by atoms with Gasteiger partial charge in [0.25, 0.3) is 10.1 Å². The molecule has 0 aliphatic rings. The molecule has 0 aliphatic carbocycles. The zero-order chi connectivity index (χ0) is 16.2. The highest BCUT2D eigenvalue weighted by Crippen LogP contribution is 2.34. The second-order valence-corrected chi connectivity index (χ2v) is 7.50. The molecule has 0 unspecified atom stereocenters. The molecular weight excluding hydrogens is 369 g/mol. The van der Waals surface area contributed by atoms with Gasteiger partial charge in [0.05, 0.1) is 10.0 Å². The van der Waals surface area contributed by atoms with Crippen LogP contribution in [0.4, 0.5) is 0 Å². The third-order valence-electron chi connectivity index (χ3n) is 2.98. The van der Waals surface area contributed by atoms with Crippen molar-refractivity contribution in [2.24, 2.45) is 0 Å². The average molecular weight is 380 g/mol. The lowest BCUT2D eigenvalue weighted by molar-refractivity contribution is -0.683. The van der Waals surface area contributed by atoms with Gasteiger partial charge in [-0.2, -0.15) is 4.73 Å². The predicted octanol–water partition coefficient (Wildman–Crippen LogP) is 5.93. The molecular formula is C17H11Cl2NOS2. The quantitative estimate of drug-likeness (QED) is 0.415. The van der Waals surface area contributed by atoms with Crippen LogP contribution in [0, 0.1) is 5.21 Å². The monoisotopic (exact) mass is 379 g/mol. The van der Waals surface area contributed by atoms with Crippen molar-refractivity contribution in [1.82, 2.24) is 0 Å². The van der Waals surface area contributed by atoms with Crippen molar-refractivity contribution in [3.8, 4) is 0 Å². The van der Waals surface area contributed by atoms with Crippen molar-refractivity contribution in [2.75, 3.05) is 0 Å². The second kappa shape index (κ2) is 7.49. The van der Waals surface area contributed by atoms with Crippen LogP contribution in [0.2, 0.25) is 10.0 Å². The topological polar surface area (TPSA) is 26.9 Å². The maximum Gasteiger partial charge on any atom is 0.257 e. The first-order valence-corrected chi connectivity index (χ1v) is 9.11. The number of hydrogen-bond donors (Lipinski definition) is 0. The summed E-state index contributed by atoms with van der Waals surface area (Å²) in [6, 6.07) is 20.3. The van der Waals surface area contributed by atoms with Crippen LogP contribution in [0.1, 0.15) is 0 Å². The zero-order valence-corrected chi connectivity index (χ0v) is 14.9. The Hall–Kier alpha value is -1.33. The van der Waals surface area contributed by atoms with Gasteiger partial charge in [-0.15, -0.1) is 0 Å². The van der Waals surface area contributed by atoms with Crippen molar-refractivity contribution in [3.05, 3.63) is 82.0 Å². The van der Waals surface area contributed by atoms with Gasteiger partial charge in [0.1, 0.15) is 0 Å². The number of nitrogens with zero attached hydrogens (tertiary/aromatic N) is 1. The smallest absolute Gasteiger partial charge is 0.257 e. The Kier molecular flexibility index (Phi) is 5.38. The van der Waals surface area contributed by atoms with E-state index in [0.29, 0.717) is 20.1 Å². The molecule has 116 valence electrons. The SMILES string of the molecule is [O-][n+]1c(Sc2ccccc2Cl)cccc1Sc1ccccc1Cl. The summed E-state index contributed by atoms with van der Waals surface area (Å²) in [5.74, 6) is 0. The maximum absolute atomic E-state index is 12.6. The van der Waals surface area contributed by atoms with Gasteiger partial charge in [0, 0.05) is 21.9 Å². The number of rotatable bonds is 4. The molecule has 0 N–H and O–H groups in total. The minimum Gasteiger partial charge on any atom is -0.617 e. The van der Waals surface area contributed by atoms with Gasteiger partial charge >= 0.3 is 0 Å². The molecule has 0 aliphatic heterocycles. The summed E-state index contributed by atoms with van der Waals surface area (Å²) in [7, 11) is 0. The Bertz CT molecular complexity index is 777. The molecule has 1 heterocycles. The van der Waals surface area contributed by atoms with Gasteiger partial charge in [-0.05, 0) is 53.9 Å². The van der Waals surface area contributed by atoms with Crippen molar-refractivity contribution in [2.45, 2.75) is 19.8 Å². The maximum atomic E-state index is 12.6. The van der Waals surface area contributed by atoms with Gasteiger partial charge in [-0.1, -0.05) is 47.5 Å². The number of hydrogen-bond acceptors (Lipinski definition) is 3. The molecule has 0 atom stereocenters. The molecule has 3 aromatic rings. The van der Waals surface area contributed by atoms with Crippen LogP contribution in [0.5, 0.6) is 0 Å². The lowest BCUT2D eigenvalue weighted by atomic mass is 10.4. The van der Waals surface area contributed by atoms with E-state index < -0.39 is 0 Å². The van der Waals surface area contributed by atoms with Crippen LogP contribution in [0.3, 0.4) is 0 Å². The number of benzene rings is 2. The summed E-state index contributed by atoms with van der Waals surface area (Å²) in [5.41, 5.74) is 0. The highest BCUT2D eigenvalue weighted by Gasteiger charge is 2.16. The molecule has 0 bridgehead atoms. The Labute approximate surface area is 153 Å². The fourth-order valence-corrected chi connectivity index (χ4v) is 4.18. The predicted molar refractivity (Wildman–Crippen MR) is 96.6 cm³/mol. The molecule has 0 saturated carbocycles. The Morgan fingerprint density at radius 3 is 1.52 bits per heavy atom. The van der Waals surface area contributed by atoms with Crippen LogP contribution in [0.15, 0.2) is 86.6 Å². The molecule has 0 amide bonds. The van der Waals surface area contributed by atoms with Crippen LogP contribution in [-0.4, -0.2) is 0 Å². The largest absolute Gasteiger partial charge is 0.617 e. The molecule has 23 heavy (non-hydrogen) atoms. The zero-order valence-electron chi connectivity index (χ0n) is 11.8. The van der Waals surface area contributed by atoms with Crippen molar-refractivity contribution in [1.29, 1.82) is 0 Å². The first kappa shape index (κ1) is 16.5. The van der Waals surface area contributed by atoms with E-state index in [-0.39, 0.29) is 0 Å². The molecule has 0 spiro atoms. The van der Waals surface area contributed by atoms with E-state index in [4.69, 9.17) is 23.2 Å². The normalized spacial score (nSPS) is 10.7. The van der Waals surface area contributed by atoms with Gasteiger partial charge in [-0.25, -0.2) is 0 Å². The molecule has 2 aromatic carbocycles. The summed E-state index contributed by atoms with van der Waals surface area (Å²) in [6.45, 7) is 0. The fourth-order valence-electron chi connectivity index (χ4n) is 1.89. The molecule has 3 rings (SSSR count). The summed E-state index contributed by atoms with van der Waals surface area (Å²) in [6.07, 6.45) is 0. The first-order valence-electron chi connectivity index (χ1n) is 6.72. The molecule has 0 saturated heterocycles. The van der Waals surface area contributed by atoms with Crippen LogP contribution in [0.25, 0.3) is 0 Å². The van der Waals surface area contributed by atoms with E-state index in [1.54, 1.807) is 24.3 Å². The van der Waals surface area contributed by atoms with E-state index in [0.717, 1.165) is 14.5 Å². The minimum atomic E-state index is 0.565. The number of aromatic nitrogens is 1. The van der Waals surface area contributed by atoms with Crippen LogP contribution >= 0.6 is 46.7 Å². The van der Waals surface area contributed by atoms with E-state index in [9.17, 15) is 5.21 Å². The van der Waals surface area contributed by atoms with Crippen molar-refractivity contribution < 1.29 is 4.73 Å². The molecule has 1 aromatic heterocycles. The molecule has 0 radical (unpaired) electrons. The van der Waals surface area contributed by atoms with Gasteiger partial charge in [-0.3, -0.25) is 0 Å². The minimum absolute atomic E-state index is 0.565. The van der Waals surface area contributed by atoms with Gasteiger partial charge < -0.3 is 5.21 Å². The molecule has 0 fully saturated rings. The standard InChI is InChI=1S/C17H11Cl2NOS2/c18-12-6-1-3-8-14(12)22-16-10-5-11-17(20(16)21)23-15-9-4-2-7-13(15)19/h1-11H. The van der Waals surface area contributed by atoms with E-state index in [2.05, 4.69) is 0 Å². The van der Waals surface area contributed by atoms with Crippen LogP contribution < -0.4 is 4.73 Å². The Morgan fingerprint density at radius 1 is 0.652 bits per heavy atom. The summed E-state index contributed by atoms with van der Waals surface area (Å²) in [5, 5.41) is 15.0. The van der Waals surface area contributed by atoms with E-state index >= 15 is 0 Å². The number of pyridine rings is 1. The fraction of sp³-hybridized carbons (Fsp3) is 0. The third kappa shape index (κ3) is 3.96.